The third kappa shape index (κ3) is 3.63. The molecule has 1 aromatic carbocycles. The highest BCUT2D eigenvalue weighted by Crippen LogP contribution is 2.25. The molecule has 0 unspecified atom stereocenters. The lowest BCUT2D eigenvalue weighted by Crippen LogP contribution is -2.39. The normalized spacial score (nSPS) is 17.9. The van der Waals surface area contributed by atoms with Crippen LogP contribution in [0, 0.1) is 6.92 Å². The summed E-state index contributed by atoms with van der Waals surface area (Å²) in [5, 5.41) is 4.42. The van der Waals surface area contributed by atoms with Crippen molar-refractivity contribution in [1.29, 1.82) is 0 Å². The van der Waals surface area contributed by atoms with Crippen LogP contribution < -0.4 is 5.32 Å². The summed E-state index contributed by atoms with van der Waals surface area (Å²) in [7, 11) is 0. The molecule has 1 heterocycles. The first-order chi connectivity index (χ1) is 8.69. The van der Waals surface area contributed by atoms with E-state index >= 15 is 0 Å². The topological polar surface area (TPSA) is 15.3 Å². The van der Waals surface area contributed by atoms with Crippen molar-refractivity contribution in [3.63, 3.8) is 0 Å². The maximum absolute atomic E-state index is 6.22. The van der Waals surface area contributed by atoms with Crippen LogP contribution in [-0.4, -0.2) is 30.6 Å². The van der Waals surface area contributed by atoms with Crippen molar-refractivity contribution in [3.8, 4) is 0 Å². The van der Waals surface area contributed by atoms with Crippen molar-refractivity contribution < 1.29 is 0 Å². The second kappa shape index (κ2) is 6.44. The number of aryl methyl sites for hydroxylation is 1. The predicted octanol–water partition coefficient (Wildman–Crippen LogP) is 3.93. The van der Waals surface area contributed by atoms with E-state index in [-0.39, 0.29) is 0 Å². The zero-order valence-electron chi connectivity index (χ0n) is 11.4. The van der Waals surface area contributed by atoms with Gasteiger partial charge in [-0.15, -0.1) is 0 Å². The van der Waals surface area contributed by atoms with Gasteiger partial charge in [-0.3, -0.25) is 0 Å². The first kappa shape index (κ1) is 13.7. The van der Waals surface area contributed by atoms with Crippen molar-refractivity contribution >= 4 is 17.3 Å². The fourth-order valence-electron chi connectivity index (χ4n) is 2.59. The standard InChI is InChI=1S/C15H23ClN2/c1-3-8-18-9-6-13(7-10-18)17-15-11-12(2)4-5-14(15)16/h4-5,11,13,17H,3,6-10H2,1-2H3. The van der Waals surface area contributed by atoms with Crippen LogP contribution in [0.2, 0.25) is 5.02 Å². The number of hydrogen-bond donors (Lipinski definition) is 1. The molecule has 0 radical (unpaired) electrons. The van der Waals surface area contributed by atoms with Gasteiger partial charge in [0.2, 0.25) is 0 Å². The van der Waals surface area contributed by atoms with E-state index in [0.717, 1.165) is 10.7 Å². The van der Waals surface area contributed by atoms with E-state index in [2.05, 4.69) is 36.2 Å². The van der Waals surface area contributed by atoms with E-state index in [4.69, 9.17) is 11.6 Å². The number of likely N-dealkylation sites (tertiary alicyclic amines) is 1. The Hall–Kier alpha value is -0.730. The van der Waals surface area contributed by atoms with Gasteiger partial charge in [-0.1, -0.05) is 24.6 Å². The molecule has 1 aliphatic heterocycles. The van der Waals surface area contributed by atoms with Crippen molar-refractivity contribution in [2.75, 3.05) is 25.0 Å². The minimum Gasteiger partial charge on any atom is -0.381 e. The molecule has 0 bridgehead atoms. The van der Waals surface area contributed by atoms with Crippen LogP contribution >= 0.6 is 11.6 Å². The van der Waals surface area contributed by atoms with E-state index in [1.807, 2.05) is 6.07 Å². The molecule has 0 spiro atoms. The lowest BCUT2D eigenvalue weighted by Gasteiger charge is -2.32. The van der Waals surface area contributed by atoms with Gasteiger partial charge in [0.05, 0.1) is 10.7 Å². The van der Waals surface area contributed by atoms with Crippen LogP contribution in [0.15, 0.2) is 18.2 Å². The largest absolute Gasteiger partial charge is 0.381 e. The van der Waals surface area contributed by atoms with Gasteiger partial charge in [0, 0.05) is 19.1 Å². The molecule has 0 aliphatic carbocycles. The molecule has 100 valence electrons. The van der Waals surface area contributed by atoms with Gasteiger partial charge < -0.3 is 10.2 Å². The SMILES string of the molecule is CCCN1CCC(Nc2cc(C)ccc2Cl)CC1. The monoisotopic (exact) mass is 266 g/mol. The molecule has 18 heavy (non-hydrogen) atoms. The lowest BCUT2D eigenvalue weighted by atomic mass is 10.0. The summed E-state index contributed by atoms with van der Waals surface area (Å²) in [5.41, 5.74) is 2.34. The van der Waals surface area contributed by atoms with Crippen molar-refractivity contribution in [1.82, 2.24) is 4.90 Å². The summed E-state index contributed by atoms with van der Waals surface area (Å²) < 4.78 is 0. The third-order valence-electron chi connectivity index (χ3n) is 3.61. The predicted molar refractivity (Wildman–Crippen MR) is 79.6 cm³/mol. The minimum absolute atomic E-state index is 0.567. The fraction of sp³-hybridized carbons (Fsp3) is 0.600. The number of nitrogens with one attached hydrogen (secondary N) is 1. The van der Waals surface area contributed by atoms with E-state index in [1.165, 1.54) is 44.5 Å². The summed E-state index contributed by atoms with van der Waals surface area (Å²) >= 11 is 6.22. The maximum atomic E-state index is 6.22. The Morgan fingerprint density at radius 3 is 2.72 bits per heavy atom. The van der Waals surface area contributed by atoms with Crippen LogP contribution in [0.25, 0.3) is 0 Å². The molecule has 1 fully saturated rings. The van der Waals surface area contributed by atoms with Crippen LogP contribution in [0.3, 0.4) is 0 Å². The molecule has 2 rings (SSSR count). The average Bonchev–Trinajstić information content (AvgIpc) is 2.37. The molecular weight excluding hydrogens is 244 g/mol. The zero-order chi connectivity index (χ0) is 13.0. The maximum Gasteiger partial charge on any atom is 0.0637 e. The number of rotatable bonds is 4. The Morgan fingerprint density at radius 1 is 1.33 bits per heavy atom. The number of anilines is 1. The molecule has 0 amide bonds. The van der Waals surface area contributed by atoms with Gasteiger partial charge in [-0.25, -0.2) is 0 Å². The zero-order valence-corrected chi connectivity index (χ0v) is 12.1. The smallest absolute Gasteiger partial charge is 0.0637 e. The molecule has 1 aromatic rings. The molecule has 0 atom stereocenters. The highest BCUT2D eigenvalue weighted by Gasteiger charge is 2.18. The van der Waals surface area contributed by atoms with Crippen LogP contribution in [-0.2, 0) is 0 Å². The third-order valence-corrected chi connectivity index (χ3v) is 3.94. The summed E-state index contributed by atoms with van der Waals surface area (Å²) in [6.45, 7) is 7.99. The lowest BCUT2D eigenvalue weighted by molar-refractivity contribution is 0.219. The fourth-order valence-corrected chi connectivity index (χ4v) is 2.76. The Morgan fingerprint density at radius 2 is 2.06 bits per heavy atom. The molecule has 2 nitrogen and oxygen atoms in total. The van der Waals surface area contributed by atoms with Gasteiger partial charge in [0.1, 0.15) is 0 Å². The minimum atomic E-state index is 0.567. The van der Waals surface area contributed by atoms with Crippen LogP contribution in [0.1, 0.15) is 31.7 Å². The quantitative estimate of drug-likeness (QED) is 0.888. The Bertz CT molecular complexity index is 384. The van der Waals surface area contributed by atoms with E-state index < -0.39 is 0 Å². The molecule has 0 aromatic heterocycles. The Balaban J connectivity index is 1.89. The first-order valence-corrected chi connectivity index (χ1v) is 7.32. The second-order valence-corrected chi connectivity index (χ2v) is 5.65. The number of hydrogen-bond acceptors (Lipinski definition) is 2. The molecule has 0 saturated carbocycles. The van der Waals surface area contributed by atoms with Crippen molar-refractivity contribution in [2.45, 2.75) is 39.2 Å². The Labute approximate surface area is 115 Å². The first-order valence-electron chi connectivity index (χ1n) is 6.94. The van der Waals surface area contributed by atoms with Crippen LogP contribution in [0.4, 0.5) is 5.69 Å². The van der Waals surface area contributed by atoms with Crippen molar-refractivity contribution in [3.05, 3.63) is 28.8 Å². The van der Waals surface area contributed by atoms with Crippen LogP contribution in [0.5, 0.6) is 0 Å². The number of piperidine rings is 1. The number of halogens is 1. The van der Waals surface area contributed by atoms with Gasteiger partial charge >= 0.3 is 0 Å². The van der Waals surface area contributed by atoms with Gasteiger partial charge in [-0.2, -0.15) is 0 Å². The summed E-state index contributed by atoms with van der Waals surface area (Å²) in [4.78, 5) is 2.55. The number of benzene rings is 1. The van der Waals surface area contributed by atoms with Gasteiger partial charge in [0.25, 0.3) is 0 Å². The summed E-state index contributed by atoms with van der Waals surface area (Å²) in [5.74, 6) is 0. The van der Waals surface area contributed by atoms with Gasteiger partial charge in [0.15, 0.2) is 0 Å². The number of nitrogens with zero attached hydrogens (tertiary/aromatic N) is 1. The molecule has 1 saturated heterocycles. The van der Waals surface area contributed by atoms with E-state index in [1.54, 1.807) is 0 Å². The second-order valence-electron chi connectivity index (χ2n) is 5.24. The van der Waals surface area contributed by atoms with Crippen molar-refractivity contribution in [2.24, 2.45) is 0 Å². The molecule has 1 N–H and O–H groups in total. The molecular formula is C15H23ClN2. The van der Waals surface area contributed by atoms with E-state index in [9.17, 15) is 0 Å². The Kier molecular flexibility index (Phi) is 4.90. The molecule has 3 heteroatoms. The van der Waals surface area contributed by atoms with E-state index in [0.29, 0.717) is 6.04 Å². The molecule has 1 aliphatic rings. The van der Waals surface area contributed by atoms with Gasteiger partial charge in [-0.05, 0) is 50.4 Å². The average molecular weight is 267 g/mol. The summed E-state index contributed by atoms with van der Waals surface area (Å²) in [6, 6.07) is 6.74. The highest BCUT2D eigenvalue weighted by atomic mass is 35.5. The summed E-state index contributed by atoms with van der Waals surface area (Å²) in [6.07, 6.45) is 3.68. The highest BCUT2D eigenvalue weighted by molar-refractivity contribution is 6.33.